The molecule has 6 heteroatoms. The second kappa shape index (κ2) is 7.73. The minimum Gasteiger partial charge on any atom is -0.478 e. The summed E-state index contributed by atoms with van der Waals surface area (Å²) in [6.07, 6.45) is 4.27. The molecule has 1 saturated heterocycles. The van der Waals surface area contributed by atoms with Crippen LogP contribution in [0.1, 0.15) is 50.8 Å². The molecule has 0 bridgehead atoms. The molecule has 1 aliphatic rings. The van der Waals surface area contributed by atoms with Gasteiger partial charge in [0.1, 0.15) is 0 Å². The van der Waals surface area contributed by atoms with E-state index in [-0.39, 0.29) is 11.1 Å². The Labute approximate surface area is 156 Å². The molecule has 27 heavy (non-hydrogen) atoms. The van der Waals surface area contributed by atoms with Crippen molar-refractivity contribution in [1.29, 1.82) is 0 Å². The first-order valence-corrected chi connectivity index (χ1v) is 8.62. The summed E-state index contributed by atoms with van der Waals surface area (Å²) in [7, 11) is 0. The first-order chi connectivity index (χ1) is 12.9. The molecular weight excluding hydrogens is 348 g/mol. The Morgan fingerprint density at radius 2 is 1.59 bits per heavy atom. The van der Waals surface area contributed by atoms with E-state index in [0.717, 1.165) is 11.1 Å². The third-order valence-corrected chi connectivity index (χ3v) is 4.52. The zero-order valence-electron chi connectivity index (χ0n) is 14.8. The van der Waals surface area contributed by atoms with E-state index in [1.54, 1.807) is 12.1 Å². The number of carboxylic acid groups (broad SMARTS) is 2. The van der Waals surface area contributed by atoms with Crippen molar-refractivity contribution in [2.24, 2.45) is 0 Å². The maximum Gasteiger partial charge on any atom is 0.336 e. The highest BCUT2D eigenvalue weighted by atomic mass is 16.7. The molecule has 0 radical (unpaired) electrons. The van der Waals surface area contributed by atoms with E-state index in [4.69, 9.17) is 14.6 Å². The van der Waals surface area contributed by atoms with Gasteiger partial charge in [0.25, 0.3) is 0 Å². The van der Waals surface area contributed by atoms with Crippen LogP contribution in [0.2, 0.25) is 0 Å². The van der Waals surface area contributed by atoms with Gasteiger partial charge in [-0.15, -0.1) is 0 Å². The summed E-state index contributed by atoms with van der Waals surface area (Å²) in [5.74, 6) is -3.26. The summed E-state index contributed by atoms with van der Waals surface area (Å²) in [6, 6.07) is 12.0. The second-order valence-corrected chi connectivity index (χ2v) is 6.18. The molecule has 2 aromatic carbocycles. The highest BCUT2D eigenvalue weighted by Crippen LogP contribution is 2.35. The number of rotatable bonds is 6. The average Bonchev–Trinajstić information content (AvgIpc) is 3.16. The van der Waals surface area contributed by atoms with Gasteiger partial charge in [-0.1, -0.05) is 43.3 Å². The molecule has 1 heterocycles. The van der Waals surface area contributed by atoms with E-state index < -0.39 is 17.7 Å². The van der Waals surface area contributed by atoms with Crippen molar-refractivity contribution in [3.8, 4) is 0 Å². The molecule has 0 aliphatic carbocycles. The fourth-order valence-corrected chi connectivity index (χ4v) is 3.13. The van der Waals surface area contributed by atoms with Gasteiger partial charge in [-0.05, 0) is 29.3 Å². The summed E-state index contributed by atoms with van der Waals surface area (Å²) in [6.45, 7) is 3.12. The summed E-state index contributed by atoms with van der Waals surface area (Å²) in [5, 5.41) is 18.3. The van der Waals surface area contributed by atoms with Gasteiger partial charge in [0.05, 0.1) is 24.3 Å². The highest BCUT2D eigenvalue weighted by molar-refractivity contribution is 6.02. The van der Waals surface area contributed by atoms with Crippen LogP contribution in [0.5, 0.6) is 0 Å². The van der Waals surface area contributed by atoms with E-state index >= 15 is 0 Å². The molecule has 2 aromatic rings. The van der Waals surface area contributed by atoms with Gasteiger partial charge >= 0.3 is 11.9 Å². The third-order valence-electron chi connectivity index (χ3n) is 4.52. The fraction of sp³-hybridized carbons (Fsp3) is 0.238. The van der Waals surface area contributed by atoms with Gasteiger partial charge in [0, 0.05) is 12.0 Å². The molecule has 6 nitrogen and oxygen atoms in total. The molecule has 1 aliphatic heterocycles. The molecule has 140 valence electrons. The summed E-state index contributed by atoms with van der Waals surface area (Å²) < 4.78 is 11.6. The molecule has 0 unspecified atom stereocenters. The van der Waals surface area contributed by atoms with Crippen molar-refractivity contribution >= 4 is 24.1 Å². The van der Waals surface area contributed by atoms with Gasteiger partial charge in [-0.25, -0.2) is 9.59 Å². The Kier molecular flexibility index (Phi) is 5.39. The van der Waals surface area contributed by atoms with Gasteiger partial charge in [-0.2, -0.15) is 0 Å². The molecular formula is C21H20O6. The van der Waals surface area contributed by atoms with E-state index in [1.165, 1.54) is 12.1 Å². The van der Waals surface area contributed by atoms with Gasteiger partial charge in [-0.3, -0.25) is 0 Å². The van der Waals surface area contributed by atoms with Gasteiger partial charge in [0.15, 0.2) is 5.79 Å². The monoisotopic (exact) mass is 368 g/mol. The van der Waals surface area contributed by atoms with Crippen LogP contribution < -0.4 is 0 Å². The fourth-order valence-electron chi connectivity index (χ4n) is 3.13. The van der Waals surface area contributed by atoms with Crippen molar-refractivity contribution in [2.45, 2.75) is 19.1 Å². The Balaban J connectivity index is 1.88. The molecule has 0 saturated carbocycles. The lowest BCUT2D eigenvalue weighted by molar-refractivity contribution is -0.167. The number of carboxylic acids is 2. The quantitative estimate of drug-likeness (QED) is 0.752. The minimum absolute atomic E-state index is 0.234. The highest BCUT2D eigenvalue weighted by Gasteiger charge is 2.36. The number of hydrogen-bond donors (Lipinski definition) is 2. The number of carbonyl (C=O) groups is 2. The molecule has 1 fully saturated rings. The number of aromatic carboxylic acids is 2. The molecule has 0 atom stereocenters. The molecule has 0 spiro atoms. The lowest BCUT2D eigenvalue weighted by atomic mass is 9.99. The maximum absolute atomic E-state index is 11.3. The lowest BCUT2D eigenvalue weighted by Crippen LogP contribution is -2.25. The SMILES string of the molecule is CCC1(c2cccc(/C=C/c3ccc(C(=O)O)c(C(=O)O)c3)c2)OCCO1. The van der Waals surface area contributed by atoms with Crippen LogP contribution in [0, 0.1) is 0 Å². The van der Waals surface area contributed by atoms with Gasteiger partial charge < -0.3 is 19.7 Å². The Morgan fingerprint density at radius 3 is 2.19 bits per heavy atom. The molecule has 2 N–H and O–H groups in total. The Hall–Kier alpha value is -2.96. The van der Waals surface area contributed by atoms with Crippen LogP contribution in [0.4, 0.5) is 0 Å². The standard InChI is InChI=1S/C21H20O6/c1-2-21(26-10-11-27-21)16-5-3-4-14(12-16)6-7-15-8-9-17(19(22)23)18(13-15)20(24)25/h3-9,12-13H,2,10-11H2,1H3,(H,22,23)(H,24,25)/b7-6+. The topological polar surface area (TPSA) is 93.1 Å². The van der Waals surface area contributed by atoms with Crippen molar-refractivity contribution in [3.63, 3.8) is 0 Å². The van der Waals surface area contributed by atoms with E-state index in [9.17, 15) is 14.7 Å². The smallest absolute Gasteiger partial charge is 0.336 e. The van der Waals surface area contributed by atoms with Crippen molar-refractivity contribution in [1.82, 2.24) is 0 Å². The summed E-state index contributed by atoms with van der Waals surface area (Å²) in [4.78, 5) is 22.4. The van der Waals surface area contributed by atoms with E-state index in [2.05, 4.69) is 0 Å². The molecule has 3 rings (SSSR count). The average molecular weight is 368 g/mol. The number of ether oxygens (including phenoxy) is 2. The maximum atomic E-state index is 11.3. The van der Waals surface area contributed by atoms with Gasteiger partial charge in [0.2, 0.25) is 0 Å². The third kappa shape index (κ3) is 3.92. The predicted molar refractivity (Wildman–Crippen MR) is 99.6 cm³/mol. The molecule has 0 amide bonds. The van der Waals surface area contributed by atoms with Crippen LogP contribution in [-0.4, -0.2) is 35.4 Å². The van der Waals surface area contributed by atoms with Crippen LogP contribution >= 0.6 is 0 Å². The zero-order valence-corrected chi connectivity index (χ0v) is 14.8. The predicted octanol–water partition coefficient (Wildman–Crippen LogP) is 3.86. The lowest BCUT2D eigenvalue weighted by Gasteiger charge is -2.26. The van der Waals surface area contributed by atoms with Crippen LogP contribution in [0.15, 0.2) is 42.5 Å². The van der Waals surface area contributed by atoms with E-state index in [1.807, 2.05) is 37.3 Å². The van der Waals surface area contributed by atoms with Crippen molar-refractivity contribution in [3.05, 3.63) is 70.3 Å². The van der Waals surface area contributed by atoms with Crippen LogP contribution in [-0.2, 0) is 15.3 Å². The van der Waals surface area contributed by atoms with E-state index in [0.29, 0.717) is 25.2 Å². The number of benzene rings is 2. The summed E-state index contributed by atoms with van der Waals surface area (Å²) >= 11 is 0. The Morgan fingerprint density at radius 1 is 0.963 bits per heavy atom. The van der Waals surface area contributed by atoms with Crippen molar-refractivity contribution < 1.29 is 29.3 Å². The Bertz CT molecular complexity index is 893. The number of hydrogen-bond acceptors (Lipinski definition) is 4. The molecule has 0 aromatic heterocycles. The normalized spacial score (nSPS) is 15.9. The summed E-state index contributed by atoms with van der Waals surface area (Å²) in [5.41, 5.74) is 1.95. The zero-order chi connectivity index (χ0) is 19.4. The minimum atomic E-state index is -1.27. The van der Waals surface area contributed by atoms with Crippen LogP contribution in [0.25, 0.3) is 12.2 Å². The first-order valence-electron chi connectivity index (χ1n) is 8.62. The first kappa shape index (κ1) is 18.8. The van der Waals surface area contributed by atoms with Crippen LogP contribution in [0.3, 0.4) is 0 Å². The second-order valence-electron chi connectivity index (χ2n) is 6.18. The van der Waals surface area contributed by atoms with Crippen molar-refractivity contribution in [2.75, 3.05) is 13.2 Å². The largest absolute Gasteiger partial charge is 0.478 e.